The van der Waals surface area contributed by atoms with Crippen molar-refractivity contribution in [3.63, 3.8) is 0 Å². The fraction of sp³-hybridized carbons (Fsp3) is 0.594. The van der Waals surface area contributed by atoms with Crippen molar-refractivity contribution in [1.29, 1.82) is 0 Å². The maximum Gasteiger partial charge on any atom is 0.410 e. The molecular formula is C32H44Cl2FN3O7S2. The molecule has 47 heavy (non-hydrogen) atoms. The van der Waals surface area contributed by atoms with Crippen LogP contribution in [0.2, 0.25) is 10.0 Å². The van der Waals surface area contributed by atoms with Crippen LogP contribution < -0.4 is 5.32 Å². The van der Waals surface area contributed by atoms with Gasteiger partial charge in [-0.15, -0.1) is 0 Å². The number of hydrogen-bond acceptors (Lipinski definition) is 9. The van der Waals surface area contributed by atoms with Crippen molar-refractivity contribution >= 4 is 75.0 Å². The van der Waals surface area contributed by atoms with Gasteiger partial charge in [-0.3, -0.25) is 24.1 Å². The second-order valence-electron chi connectivity index (χ2n) is 11.3. The number of allylic oxidation sites excluding steroid dienone is 1. The molecule has 0 spiro atoms. The molecule has 1 saturated heterocycles. The van der Waals surface area contributed by atoms with Crippen molar-refractivity contribution in [3.05, 3.63) is 44.4 Å². The summed E-state index contributed by atoms with van der Waals surface area (Å²) in [7, 11) is 4.87. The van der Waals surface area contributed by atoms with E-state index in [1.807, 2.05) is 6.92 Å². The Kier molecular flexibility index (Phi) is 18.6. The lowest BCUT2D eigenvalue weighted by molar-refractivity contribution is -0.143. The van der Waals surface area contributed by atoms with Crippen LogP contribution in [0.3, 0.4) is 0 Å². The summed E-state index contributed by atoms with van der Waals surface area (Å²) in [6.07, 6.45) is 3.19. The molecule has 1 aliphatic heterocycles. The van der Waals surface area contributed by atoms with Gasteiger partial charge in [0, 0.05) is 42.3 Å². The Morgan fingerprint density at radius 2 is 1.87 bits per heavy atom. The third-order valence-corrected chi connectivity index (χ3v) is 11.3. The maximum atomic E-state index is 13.4. The molecule has 2 rings (SSSR count). The minimum absolute atomic E-state index is 0.0723. The van der Waals surface area contributed by atoms with Gasteiger partial charge in [0.2, 0.25) is 12.3 Å². The average Bonchev–Trinajstić information content (AvgIpc) is 3.06. The molecule has 1 fully saturated rings. The number of piperidine rings is 1. The van der Waals surface area contributed by atoms with Gasteiger partial charge in [0.15, 0.2) is 5.78 Å². The van der Waals surface area contributed by atoms with E-state index < -0.39 is 42.5 Å². The van der Waals surface area contributed by atoms with Crippen LogP contribution >= 0.6 is 44.8 Å². The smallest absolute Gasteiger partial charge is 0.410 e. The number of carbonyl (C=O) groups excluding carboxylic acids is 5. The largest absolute Gasteiger partial charge is 0.465 e. The van der Waals surface area contributed by atoms with Gasteiger partial charge < -0.3 is 19.7 Å². The SMILES string of the molecule is C/C(=C(\CCOC(=O)CCCCC(NC(=O)[C@@H]1CCCCN1C(=O)OCc1ccc(Cl)c(Cl)c1)C(=O)CF)SSC(C)C)N(C)C=O. The monoisotopic (exact) mass is 735 g/mol. The van der Waals surface area contributed by atoms with E-state index in [1.165, 1.54) is 9.80 Å². The number of likely N-dealkylation sites (tertiary alicyclic amines) is 1. The van der Waals surface area contributed by atoms with Gasteiger partial charge in [-0.2, -0.15) is 0 Å². The number of esters is 1. The molecule has 15 heteroatoms. The fourth-order valence-corrected chi connectivity index (χ4v) is 7.21. The van der Waals surface area contributed by atoms with Gasteiger partial charge in [0.1, 0.15) is 19.3 Å². The fourth-order valence-electron chi connectivity index (χ4n) is 4.62. The van der Waals surface area contributed by atoms with E-state index in [0.29, 0.717) is 65.9 Å². The number of rotatable bonds is 19. The topological polar surface area (TPSA) is 122 Å². The number of hydrogen-bond donors (Lipinski definition) is 1. The van der Waals surface area contributed by atoms with E-state index in [9.17, 15) is 28.4 Å². The quantitative estimate of drug-likeness (QED) is 0.0686. The zero-order valence-electron chi connectivity index (χ0n) is 27.2. The number of ether oxygens (including phenoxy) is 2. The Morgan fingerprint density at radius 1 is 1.13 bits per heavy atom. The second-order valence-corrected chi connectivity index (χ2v) is 15.0. The normalized spacial score (nSPS) is 15.8. The molecule has 262 valence electrons. The Labute approximate surface area is 294 Å². The molecule has 0 saturated carbocycles. The molecule has 1 N–H and O–H groups in total. The molecule has 0 radical (unpaired) electrons. The van der Waals surface area contributed by atoms with E-state index in [-0.39, 0.29) is 26.1 Å². The summed E-state index contributed by atoms with van der Waals surface area (Å²) >= 11 is 12.0. The summed E-state index contributed by atoms with van der Waals surface area (Å²) < 4.78 is 24.2. The van der Waals surface area contributed by atoms with E-state index in [2.05, 4.69) is 19.2 Å². The highest BCUT2D eigenvalue weighted by Crippen LogP contribution is 2.37. The Morgan fingerprint density at radius 3 is 2.53 bits per heavy atom. The Bertz CT molecular complexity index is 1270. The lowest BCUT2D eigenvalue weighted by Gasteiger charge is -2.34. The number of benzene rings is 1. The number of Topliss-reactive ketones (excluding diaryl/α,β-unsaturated/α-hetero) is 1. The summed E-state index contributed by atoms with van der Waals surface area (Å²) in [5.41, 5.74) is 1.42. The van der Waals surface area contributed by atoms with Crippen LogP contribution in [0, 0.1) is 0 Å². The number of carbonyl (C=O) groups is 5. The molecular weight excluding hydrogens is 692 g/mol. The third kappa shape index (κ3) is 14.3. The van der Waals surface area contributed by atoms with Crippen LogP contribution in [0.5, 0.6) is 0 Å². The number of alkyl halides is 1. The van der Waals surface area contributed by atoms with Crippen molar-refractivity contribution < 1.29 is 37.8 Å². The molecule has 1 aromatic carbocycles. The van der Waals surface area contributed by atoms with Crippen LogP contribution in [0.15, 0.2) is 28.8 Å². The van der Waals surface area contributed by atoms with Gasteiger partial charge in [-0.05, 0) is 56.7 Å². The highest BCUT2D eigenvalue weighted by Gasteiger charge is 2.35. The number of nitrogens with zero attached hydrogens (tertiary/aromatic N) is 2. The van der Waals surface area contributed by atoms with Gasteiger partial charge in [0.05, 0.1) is 22.7 Å². The van der Waals surface area contributed by atoms with E-state index in [4.69, 9.17) is 32.7 Å². The molecule has 0 aromatic heterocycles. The molecule has 1 heterocycles. The van der Waals surface area contributed by atoms with Gasteiger partial charge in [0.25, 0.3) is 0 Å². The molecule has 0 bridgehead atoms. The highest BCUT2D eigenvalue weighted by atomic mass is 35.5. The summed E-state index contributed by atoms with van der Waals surface area (Å²) in [4.78, 5) is 65.8. The van der Waals surface area contributed by atoms with Crippen molar-refractivity contribution in [3.8, 4) is 0 Å². The molecule has 10 nitrogen and oxygen atoms in total. The second kappa shape index (κ2) is 21.5. The van der Waals surface area contributed by atoms with Crippen LogP contribution in [0.4, 0.5) is 9.18 Å². The summed E-state index contributed by atoms with van der Waals surface area (Å²) in [5, 5.41) is 3.69. The molecule has 2 atom stereocenters. The number of amides is 3. The Balaban J connectivity index is 1.86. The number of halogens is 3. The van der Waals surface area contributed by atoms with Crippen molar-refractivity contribution in [2.75, 3.05) is 26.9 Å². The van der Waals surface area contributed by atoms with Crippen LogP contribution in [0.1, 0.15) is 77.7 Å². The van der Waals surface area contributed by atoms with Crippen LogP contribution in [0.25, 0.3) is 0 Å². The van der Waals surface area contributed by atoms with Crippen LogP contribution in [-0.4, -0.2) is 84.2 Å². The first-order valence-electron chi connectivity index (χ1n) is 15.5. The van der Waals surface area contributed by atoms with Gasteiger partial charge in [-0.25, -0.2) is 9.18 Å². The highest BCUT2D eigenvalue weighted by molar-refractivity contribution is 8.78. The number of unbranched alkanes of at least 4 members (excludes halogenated alkanes) is 1. The number of ketones is 1. The zero-order chi connectivity index (χ0) is 34.9. The van der Waals surface area contributed by atoms with Crippen LogP contribution in [-0.2, 0) is 35.3 Å². The zero-order valence-corrected chi connectivity index (χ0v) is 30.4. The standard InChI is InChI=1S/C32H44Cl2FN3O7S2/c1-21(2)46-47-29(22(3)37(4)20-39)14-16-44-30(41)11-6-5-9-26(28(40)18-35)36-31(42)27-10-7-8-15-38(27)32(43)45-19-23-12-13-24(33)25(34)17-23/h12-13,17,20-21,26-27H,5-11,14-16,18-19H2,1-4H3,(H,36,42)/b29-22-/t26?,27-/m0/s1. The van der Waals surface area contributed by atoms with Gasteiger partial charge in [-0.1, -0.05) is 71.1 Å². The first kappa shape index (κ1) is 40.7. The first-order valence-corrected chi connectivity index (χ1v) is 18.5. The summed E-state index contributed by atoms with van der Waals surface area (Å²) in [6.45, 7) is 5.08. The molecule has 0 aliphatic carbocycles. The van der Waals surface area contributed by atoms with E-state index in [1.54, 1.807) is 46.8 Å². The average molecular weight is 737 g/mol. The molecule has 1 aliphatic rings. The maximum absolute atomic E-state index is 13.4. The molecule has 3 amide bonds. The first-order chi connectivity index (χ1) is 22.4. The lowest BCUT2D eigenvalue weighted by atomic mass is 10.00. The molecule has 1 unspecified atom stereocenters. The predicted octanol–water partition coefficient (Wildman–Crippen LogP) is 7.11. The van der Waals surface area contributed by atoms with Gasteiger partial charge >= 0.3 is 12.1 Å². The minimum Gasteiger partial charge on any atom is -0.465 e. The third-order valence-electron chi connectivity index (χ3n) is 7.37. The van der Waals surface area contributed by atoms with Crippen molar-refractivity contribution in [2.45, 2.75) is 96.1 Å². The van der Waals surface area contributed by atoms with Crippen molar-refractivity contribution in [1.82, 2.24) is 15.1 Å². The number of nitrogens with one attached hydrogen (secondary N) is 1. The Hall–Kier alpha value is -2.48. The van der Waals surface area contributed by atoms with Crippen molar-refractivity contribution in [2.24, 2.45) is 0 Å². The minimum atomic E-state index is -1.26. The van der Waals surface area contributed by atoms with E-state index >= 15 is 0 Å². The molecule has 1 aromatic rings. The predicted molar refractivity (Wildman–Crippen MR) is 185 cm³/mol. The lowest BCUT2D eigenvalue weighted by Crippen LogP contribution is -2.55. The summed E-state index contributed by atoms with van der Waals surface area (Å²) in [5.74, 6) is -1.76. The van der Waals surface area contributed by atoms with E-state index in [0.717, 1.165) is 17.0 Å². The summed E-state index contributed by atoms with van der Waals surface area (Å²) in [6, 6.07) is 2.88.